The molecule has 1 aromatic carbocycles. The van der Waals surface area contributed by atoms with E-state index in [1.54, 1.807) is 22.4 Å². The van der Waals surface area contributed by atoms with Crippen molar-refractivity contribution in [2.45, 2.75) is 33.4 Å². The maximum absolute atomic E-state index is 13.0. The third kappa shape index (κ3) is 3.66. The molecule has 4 rings (SSSR count). The Labute approximate surface area is 173 Å². The first-order chi connectivity index (χ1) is 14.0. The third-order valence-corrected chi connectivity index (χ3v) is 5.27. The Balaban J connectivity index is 1.92. The number of fused-ring (bicyclic) bond motifs is 3. The van der Waals surface area contributed by atoms with Crippen molar-refractivity contribution in [3.63, 3.8) is 0 Å². The van der Waals surface area contributed by atoms with E-state index in [-0.39, 0.29) is 5.56 Å². The minimum atomic E-state index is -0.0469. The molecule has 0 atom stereocenters. The number of hydrogen-bond acceptors (Lipinski definition) is 4. The number of ether oxygens (including phenoxy) is 1. The number of aryl methyl sites for hydroxylation is 1. The molecule has 0 saturated carbocycles. The maximum atomic E-state index is 13.0. The van der Waals surface area contributed by atoms with Crippen LogP contribution in [0.1, 0.15) is 26.0 Å². The van der Waals surface area contributed by atoms with Gasteiger partial charge < -0.3 is 9.30 Å². The van der Waals surface area contributed by atoms with Gasteiger partial charge in [-0.25, -0.2) is 9.50 Å². The van der Waals surface area contributed by atoms with Gasteiger partial charge in [0.05, 0.1) is 28.8 Å². The second-order valence-electron chi connectivity index (χ2n) is 7.55. The highest BCUT2D eigenvalue weighted by atomic mass is 35.5. The van der Waals surface area contributed by atoms with Gasteiger partial charge in [-0.05, 0) is 36.1 Å². The summed E-state index contributed by atoms with van der Waals surface area (Å²) in [5.74, 6) is 0.530. The van der Waals surface area contributed by atoms with Crippen molar-refractivity contribution in [1.82, 2.24) is 19.2 Å². The van der Waals surface area contributed by atoms with Gasteiger partial charge in [0, 0.05) is 31.1 Å². The molecule has 3 aromatic heterocycles. The van der Waals surface area contributed by atoms with Crippen LogP contribution in [0.25, 0.3) is 27.7 Å². The first-order valence-electron chi connectivity index (χ1n) is 9.64. The van der Waals surface area contributed by atoms with Crippen molar-refractivity contribution in [3.05, 3.63) is 63.8 Å². The van der Waals surface area contributed by atoms with E-state index in [1.165, 1.54) is 0 Å². The molecule has 0 amide bonds. The highest BCUT2D eigenvalue weighted by Gasteiger charge is 2.18. The molecule has 0 bridgehead atoms. The van der Waals surface area contributed by atoms with Gasteiger partial charge in [-0.15, -0.1) is 0 Å². The van der Waals surface area contributed by atoms with Crippen molar-refractivity contribution in [2.75, 3.05) is 7.11 Å². The largest absolute Gasteiger partial charge is 0.378 e. The molecule has 0 saturated heterocycles. The quantitative estimate of drug-likeness (QED) is 0.467. The molecule has 6 nitrogen and oxygen atoms in total. The molecular weight excluding hydrogens is 388 g/mol. The molecule has 7 heteroatoms. The lowest BCUT2D eigenvalue weighted by atomic mass is 10.1. The van der Waals surface area contributed by atoms with E-state index in [9.17, 15) is 4.79 Å². The fourth-order valence-electron chi connectivity index (χ4n) is 3.48. The maximum Gasteiger partial charge on any atom is 0.261 e. The number of hydrogen-bond donors (Lipinski definition) is 0. The zero-order chi connectivity index (χ0) is 20.5. The normalized spacial score (nSPS) is 11.8. The van der Waals surface area contributed by atoms with E-state index >= 15 is 0 Å². The Bertz CT molecular complexity index is 1230. The SMILES string of the molecule is COCc1nn2c(ncc3c(=O)n(CCC(C)C)ccc32)c1-c1ccc(Cl)cc1. The Morgan fingerprint density at radius 3 is 2.62 bits per heavy atom. The van der Waals surface area contributed by atoms with Crippen LogP contribution >= 0.6 is 11.6 Å². The summed E-state index contributed by atoms with van der Waals surface area (Å²) >= 11 is 6.05. The van der Waals surface area contributed by atoms with Crippen molar-refractivity contribution >= 4 is 28.2 Å². The van der Waals surface area contributed by atoms with Crippen LogP contribution in [0.4, 0.5) is 0 Å². The Hall–Kier alpha value is -2.70. The molecular formula is C22H23ClN4O2. The average molecular weight is 411 g/mol. The molecule has 0 spiro atoms. The zero-order valence-electron chi connectivity index (χ0n) is 16.7. The molecule has 0 unspecified atom stereocenters. The summed E-state index contributed by atoms with van der Waals surface area (Å²) in [5.41, 5.74) is 3.97. The molecule has 0 aliphatic carbocycles. The number of aromatic nitrogens is 4. The van der Waals surface area contributed by atoms with Crippen LogP contribution in [0.15, 0.2) is 47.5 Å². The molecule has 0 aliphatic heterocycles. The average Bonchev–Trinajstić information content (AvgIpc) is 3.07. The number of methoxy groups -OCH3 is 1. The summed E-state index contributed by atoms with van der Waals surface area (Å²) in [5, 5.41) is 5.94. The van der Waals surface area contributed by atoms with Gasteiger partial charge in [0.15, 0.2) is 5.65 Å². The Kier molecular flexibility index (Phi) is 5.39. The van der Waals surface area contributed by atoms with Gasteiger partial charge >= 0.3 is 0 Å². The third-order valence-electron chi connectivity index (χ3n) is 5.02. The van der Waals surface area contributed by atoms with E-state index < -0.39 is 0 Å². The molecule has 0 aliphatic rings. The smallest absolute Gasteiger partial charge is 0.261 e. The van der Waals surface area contributed by atoms with Crippen molar-refractivity contribution < 1.29 is 4.74 Å². The van der Waals surface area contributed by atoms with E-state index in [0.717, 1.165) is 28.8 Å². The van der Waals surface area contributed by atoms with Gasteiger partial charge in [-0.1, -0.05) is 37.6 Å². The topological polar surface area (TPSA) is 61.4 Å². The molecule has 29 heavy (non-hydrogen) atoms. The highest BCUT2D eigenvalue weighted by molar-refractivity contribution is 6.30. The summed E-state index contributed by atoms with van der Waals surface area (Å²) in [6, 6.07) is 9.49. The van der Waals surface area contributed by atoms with Gasteiger partial charge in [-0.3, -0.25) is 4.79 Å². The monoisotopic (exact) mass is 410 g/mol. The van der Waals surface area contributed by atoms with E-state index in [0.29, 0.717) is 35.1 Å². The molecule has 4 aromatic rings. The lowest BCUT2D eigenvalue weighted by molar-refractivity contribution is 0.181. The van der Waals surface area contributed by atoms with Crippen molar-refractivity contribution in [2.24, 2.45) is 5.92 Å². The minimum Gasteiger partial charge on any atom is -0.378 e. The summed E-state index contributed by atoms with van der Waals surface area (Å²) in [6.45, 7) is 5.33. The standard InChI is InChI=1S/C22H23ClN4O2/c1-14(2)8-10-26-11-9-19-17(22(26)28)12-24-21-20(15-4-6-16(23)7-5-15)18(13-29-3)25-27(19)21/h4-7,9,11-12,14H,8,10,13H2,1-3H3. The number of benzene rings is 1. The fourth-order valence-corrected chi connectivity index (χ4v) is 3.60. The lowest BCUT2D eigenvalue weighted by Crippen LogP contribution is -2.21. The minimum absolute atomic E-state index is 0.0469. The van der Waals surface area contributed by atoms with Gasteiger partial charge in [-0.2, -0.15) is 5.10 Å². The number of pyridine rings is 1. The molecule has 150 valence electrons. The summed E-state index contributed by atoms with van der Waals surface area (Å²) < 4.78 is 8.84. The Morgan fingerprint density at radius 2 is 1.93 bits per heavy atom. The molecule has 0 fully saturated rings. The van der Waals surface area contributed by atoms with Crippen molar-refractivity contribution in [3.8, 4) is 11.1 Å². The van der Waals surface area contributed by atoms with Crippen LogP contribution in [0.5, 0.6) is 0 Å². The number of nitrogens with zero attached hydrogens (tertiary/aromatic N) is 4. The van der Waals surface area contributed by atoms with E-state index in [4.69, 9.17) is 21.4 Å². The predicted molar refractivity (Wildman–Crippen MR) is 115 cm³/mol. The van der Waals surface area contributed by atoms with Crippen molar-refractivity contribution in [1.29, 1.82) is 0 Å². The second kappa shape index (κ2) is 7.97. The summed E-state index contributed by atoms with van der Waals surface area (Å²) in [4.78, 5) is 17.6. The molecule has 3 heterocycles. The lowest BCUT2D eigenvalue weighted by Gasteiger charge is -2.09. The van der Waals surface area contributed by atoms with Crippen LogP contribution in [0.3, 0.4) is 0 Å². The van der Waals surface area contributed by atoms with E-state index in [2.05, 4.69) is 18.8 Å². The molecule has 0 radical (unpaired) electrons. The first-order valence-corrected chi connectivity index (χ1v) is 10.0. The van der Waals surface area contributed by atoms with Crippen LogP contribution in [-0.2, 0) is 17.9 Å². The van der Waals surface area contributed by atoms with Crippen LogP contribution in [0, 0.1) is 5.92 Å². The highest BCUT2D eigenvalue weighted by Crippen LogP contribution is 2.30. The van der Waals surface area contributed by atoms with Crippen LogP contribution in [0.2, 0.25) is 5.02 Å². The summed E-state index contributed by atoms with van der Waals surface area (Å²) in [7, 11) is 1.63. The second-order valence-corrected chi connectivity index (χ2v) is 7.99. The zero-order valence-corrected chi connectivity index (χ0v) is 17.5. The first kappa shape index (κ1) is 19.6. The Morgan fingerprint density at radius 1 is 1.17 bits per heavy atom. The number of halogens is 1. The van der Waals surface area contributed by atoms with Crippen LogP contribution in [-0.4, -0.2) is 26.3 Å². The summed E-state index contributed by atoms with van der Waals surface area (Å²) in [6.07, 6.45) is 4.43. The van der Waals surface area contributed by atoms with Gasteiger partial charge in [0.1, 0.15) is 0 Å². The number of rotatable bonds is 6. The van der Waals surface area contributed by atoms with Gasteiger partial charge in [0.2, 0.25) is 0 Å². The molecule has 0 N–H and O–H groups in total. The predicted octanol–water partition coefficient (Wildman–Crippen LogP) is 4.56. The van der Waals surface area contributed by atoms with E-state index in [1.807, 2.05) is 36.5 Å². The fraction of sp³-hybridized carbons (Fsp3) is 0.318. The van der Waals surface area contributed by atoms with Crippen LogP contribution < -0.4 is 5.56 Å². The van der Waals surface area contributed by atoms with Gasteiger partial charge in [0.25, 0.3) is 5.56 Å².